The molecule has 6 heteroatoms. The van der Waals surface area contributed by atoms with Crippen molar-refractivity contribution in [3.63, 3.8) is 0 Å². The summed E-state index contributed by atoms with van der Waals surface area (Å²) in [5, 5.41) is 2.14. The number of hydrogen-bond acceptors (Lipinski definition) is 3. The van der Waals surface area contributed by atoms with E-state index in [0.717, 1.165) is 17.7 Å². The van der Waals surface area contributed by atoms with Crippen LogP contribution in [0.25, 0.3) is 0 Å². The van der Waals surface area contributed by atoms with Gasteiger partial charge < -0.3 is 14.8 Å². The van der Waals surface area contributed by atoms with E-state index in [2.05, 4.69) is 5.32 Å². The van der Waals surface area contributed by atoms with Gasteiger partial charge in [0.15, 0.2) is 18.1 Å². The second-order valence-electron chi connectivity index (χ2n) is 4.59. The van der Waals surface area contributed by atoms with E-state index in [4.69, 9.17) is 9.47 Å². The Morgan fingerprint density at radius 1 is 1.14 bits per heavy atom. The second-order valence-corrected chi connectivity index (χ2v) is 4.59. The molecular formula is C16H15F2NO3. The summed E-state index contributed by atoms with van der Waals surface area (Å²) in [6, 6.07) is 8.54. The van der Waals surface area contributed by atoms with Crippen molar-refractivity contribution in [2.24, 2.45) is 0 Å². The van der Waals surface area contributed by atoms with E-state index in [1.54, 1.807) is 18.2 Å². The first kappa shape index (κ1) is 15.8. The number of carbonyl (C=O) groups is 1. The molecule has 0 atom stereocenters. The highest BCUT2D eigenvalue weighted by Gasteiger charge is 2.13. The van der Waals surface area contributed by atoms with Crippen LogP contribution in [0, 0.1) is 18.6 Å². The number of nitrogens with one attached hydrogen (secondary N) is 1. The molecule has 116 valence electrons. The molecule has 0 radical (unpaired) electrons. The van der Waals surface area contributed by atoms with Crippen LogP contribution in [-0.4, -0.2) is 19.6 Å². The van der Waals surface area contributed by atoms with E-state index >= 15 is 0 Å². The average molecular weight is 307 g/mol. The molecule has 0 aliphatic heterocycles. The van der Waals surface area contributed by atoms with Crippen LogP contribution in [0.4, 0.5) is 14.5 Å². The fourth-order valence-electron chi connectivity index (χ4n) is 1.83. The first-order valence-corrected chi connectivity index (χ1v) is 6.52. The number of aryl methyl sites for hydroxylation is 1. The molecule has 1 amide bonds. The SMILES string of the molecule is COc1cc(C)ccc1OCC(=O)Nc1c(F)cccc1F. The molecule has 2 aromatic rings. The van der Waals surface area contributed by atoms with Gasteiger partial charge in [0, 0.05) is 0 Å². The van der Waals surface area contributed by atoms with Crippen molar-refractivity contribution in [2.45, 2.75) is 6.92 Å². The van der Waals surface area contributed by atoms with Crippen LogP contribution in [0.2, 0.25) is 0 Å². The third-order valence-electron chi connectivity index (χ3n) is 2.91. The minimum atomic E-state index is -0.846. The Morgan fingerprint density at radius 2 is 1.82 bits per heavy atom. The molecule has 0 heterocycles. The minimum Gasteiger partial charge on any atom is -0.493 e. The van der Waals surface area contributed by atoms with Gasteiger partial charge in [0.05, 0.1) is 7.11 Å². The van der Waals surface area contributed by atoms with Gasteiger partial charge in [0.2, 0.25) is 0 Å². The van der Waals surface area contributed by atoms with E-state index < -0.39 is 29.8 Å². The van der Waals surface area contributed by atoms with Gasteiger partial charge in [0.25, 0.3) is 5.91 Å². The topological polar surface area (TPSA) is 47.6 Å². The third-order valence-corrected chi connectivity index (χ3v) is 2.91. The lowest BCUT2D eigenvalue weighted by atomic mass is 10.2. The van der Waals surface area contributed by atoms with E-state index in [1.807, 2.05) is 6.92 Å². The van der Waals surface area contributed by atoms with Crippen LogP contribution in [0.1, 0.15) is 5.56 Å². The Balaban J connectivity index is 2.02. The number of halogens is 2. The zero-order chi connectivity index (χ0) is 16.1. The summed E-state index contributed by atoms with van der Waals surface area (Å²) in [6.07, 6.45) is 0. The Kier molecular flexibility index (Phi) is 4.93. The molecule has 0 unspecified atom stereocenters. The van der Waals surface area contributed by atoms with Gasteiger partial charge in [-0.05, 0) is 36.8 Å². The first-order chi connectivity index (χ1) is 10.5. The zero-order valence-corrected chi connectivity index (χ0v) is 12.2. The van der Waals surface area contributed by atoms with Gasteiger partial charge in [-0.1, -0.05) is 12.1 Å². The number of rotatable bonds is 5. The summed E-state index contributed by atoms with van der Waals surface area (Å²) in [7, 11) is 1.48. The number of carbonyl (C=O) groups excluding carboxylic acids is 1. The first-order valence-electron chi connectivity index (χ1n) is 6.52. The van der Waals surface area contributed by atoms with Crippen molar-refractivity contribution >= 4 is 11.6 Å². The van der Waals surface area contributed by atoms with Gasteiger partial charge in [-0.3, -0.25) is 4.79 Å². The number of para-hydroxylation sites is 1. The van der Waals surface area contributed by atoms with Crippen molar-refractivity contribution < 1.29 is 23.0 Å². The highest BCUT2D eigenvalue weighted by molar-refractivity contribution is 5.92. The summed E-state index contributed by atoms with van der Waals surface area (Å²) in [5.41, 5.74) is 0.481. The molecule has 22 heavy (non-hydrogen) atoms. The molecule has 0 bridgehead atoms. The number of ether oxygens (including phenoxy) is 2. The van der Waals surface area contributed by atoms with Crippen molar-refractivity contribution in [1.82, 2.24) is 0 Å². The van der Waals surface area contributed by atoms with Crippen LogP contribution in [-0.2, 0) is 4.79 Å². The minimum absolute atomic E-state index is 0.372. The molecule has 0 spiro atoms. The summed E-state index contributed by atoms with van der Waals surface area (Å²) >= 11 is 0. The molecule has 2 aromatic carbocycles. The monoisotopic (exact) mass is 307 g/mol. The zero-order valence-electron chi connectivity index (χ0n) is 12.2. The van der Waals surface area contributed by atoms with Crippen LogP contribution >= 0.6 is 0 Å². The molecule has 2 rings (SSSR count). The molecule has 0 aromatic heterocycles. The quantitative estimate of drug-likeness (QED) is 0.922. The number of amides is 1. The molecule has 4 nitrogen and oxygen atoms in total. The maximum absolute atomic E-state index is 13.4. The Hall–Kier alpha value is -2.63. The summed E-state index contributed by atoms with van der Waals surface area (Å²) in [5.74, 6) is -1.52. The fourth-order valence-corrected chi connectivity index (χ4v) is 1.83. The molecule has 0 saturated carbocycles. The molecule has 0 aliphatic carbocycles. The maximum atomic E-state index is 13.4. The van der Waals surface area contributed by atoms with Gasteiger partial charge >= 0.3 is 0 Å². The van der Waals surface area contributed by atoms with Gasteiger partial charge in [0.1, 0.15) is 17.3 Å². The molecule has 0 aliphatic rings. The lowest BCUT2D eigenvalue weighted by molar-refractivity contribution is -0.118. The van der Waals surface area contributed by atoms with E-state index in [-0.39, 0.29) is 0 Å². The van der Waals surface area contributed by atoms with Crippen molar-refractivity contribution in [3.05, 3.63) is 53.6 Å². The Bertz CT molecular complexity index is 669. The number of methoxy groups -OCH3 is 1. The standard InChI is InChI=1S/C16H15F2NO3/c1-10-6-7-13(14(8-10)21-2)22-9-15(20)19-16-11(17)4-3-5-12(16)18/h3-8H,9H2,1-2H3,(H,19,20). The summed E-state index contributed by atoms with van der Waals surface area (Å²) < 4.78 is 37.3. The van der Waals surface area contributed by atoms with Crippen molar-refractivity contribution in [1.29, 1.82) is 0 Å². The summed E-state index contributed by atoms with van der Waals surface area (Å²) in [6.45, 7) is 1.49. The average Bonchev–Trinajstić information content (AvgIpc) is 2.49. The Morgan fingerprint density at radius 3 is 2.45 bits per heavy atom. The maximum Gasteiger partial charge on any atom is 0.262 e. The van der Waals surface area contributed by atoms with Crippen molar-refractivity contribution in [2.75, 3.05) is 19.0 Å². The largest absolute Gasteiger partial charge is 0.493 e. The highest BCUT2D eigenvalue weighted by atomic mass is 19.1. The number of hydrogen-bond donors (Lipinski definition) is 1. The van der Waals surface area contributed by atoms with E-state index in [0.29, 0.717) is 11.5 Å². The van der Waals surface area contributed by atoms with Gasteiger partial charge in [-0.25, -0.2) is 8.78 Å². The predicted molar refractivity (Wildman–Crippen MR) is 78.2 cm³/mol. The molecule has 0 fully saturated rings. The van der Waals surface area contributed by atoms with Crippen molar-refractivity contribution in [3.8, 4) is 11.5 Å². The van der Waals surface area contributed by atoms with Gasteiger partial charge in [-0.15, -0.1) is 0 Å². The van der Waals surface area contributed by atoms with E-state index in [9.17, 15) is 13.6 Å². The lowest BCUT2D eigenvalue weighted by Crippen LogP contribution is -2.21. The van der Waals surface area contributed by atoms with E-state index in [1.165, 1.54) is 13.2 Å². The number of anilines is 1. The van der Waals surface area contributed by atoms with Crippen LogP contribution in [0.15, 0.2) is 36.4 Å². The highest BCUT2D eigenvalue weighted by Crippen LogP contribution is 2.27. The smallest absolute Gasteiger partial charge is 0.262 e. The Labute approximate surface area is 126 Å². The van der Waals surface area contributed by atoms with Crippen LogP contribution in [0.3, 0.4) is 0 Å². The molecule has 0 saturated heterocycles. The predicted octanol–water partition coefficient (Wildman–Crippen LogP) is 3.30. The lowest BCUT2D eigenvalue weighted by Gasteiger charge is -2.12. The second kappa shape index (κ2) is 6.89. The molecular weight excluding hydrogens is 292 g/mol. The third kappa shape index (κ3) is 3.72. The number of benzene rings is 2. The van der Waals surface area contributed by atoms with Gasteiger partial charge in [-0.2, -0.15) is 0 Å². The fraction of sp³-hybridized carbons (Fsp3) is 0.188. The normalized spacial score (nSPS) is 10.2. The van der Waals surface area contributed by atoms with Crippen LogP contribution < -0.4 is 14.8 Å². The van der Waals surface area contributed by atoms with Crippen LogP contribution in [0.5, 0.6) is 11.5 Å². The summed E-state index contributed by atoms with van der Waals surface area (Å²) in [4.78, 5) is 11.7. The molecule has 1 N–H and O–H groups in total.